The molecule has 0 atom stereocenters. The Morgan fingerprint density at radius 3 is 2.59 bits per heavy atom. The van der Waals surface area contributed by atoms with Gasteiger partial charge in [0.2, 0.25) is 5.95 Å². The molecule has 3 aromatic heterocycles. The van der Waals surface area contributed by atoms with Crippen molar-refractivity contribution in [2.75, 3.05) is 5.32 Å². The number of nitrogens with zero attached hydrogens (tertiary/aromatic N) is 4. The predicted molar refractivity (Wildman–Crippen MR) is 119 cm³/mol. The van der Waals surface area contributed by atoms with Gasteiger partial charge in [-0.15, -0.1) is 0 Å². The average molecular weight is 452 g/mol. The molecule has 5 rings (SSSR count). The molecule has 0 unspecified atom stereocenters. The highest BCUT2D eigenvalue weighted by atomic mass is 35.5. The molecule has 1 saturated carbocycles. The number of carbonyl (C=O) groups is 1. The zero-order chi connectivity index (χ0) is 22.2. The van der Waals surface area contributed by atoms with Crippen LogP contribution >= 0.6 is 11.6 Å². The highest BCUT2D eigenvalue weighted by Crippen LogP contribution is 2.36. The average Bonchev–Trinajstić information content (AvgIpc) is 3.42. The maximum atomic E-state index is 13.5. The Kier molecular flexibility index (Phi) is 5.22. The third kappa shape index (κ3) is 3.78. The maximum Gasteiger partial charge on any atom is 0.354 e. The van der Waals surface area contributed by atoms with Crippen LogP contribution in [-0.4, -0.2) is 36.7 Å². The van der Waals surface area contributed by atoms with Crippen molar-refractivity contribution in [1.82, 2.24) is 19.6 Å². The molecular formula is C23H19ClFN5O2. The molecule has 1 aliphatic carbocycles. The third-order valence-corrected chi connectivity index (χ3v) is 5.90. The Balaban J connectivity index is 1.73. The van der Waals surface area contributed by atoms with Crippen LogP contribution < -0.4 is 5.32 Å². The highest BCUT2D eigenvalue weighted by Gasteiger charge is 2.23. The number of halogens is 2. The van der Waals surface area contributed by atoms with Gasteiger partial charge in [-0.2, -0.15) is 5.10 Å². The molecular weight excluding hydrogens is 433 g/mol. The molecule has 4 aromatic rings. The van der Waals surface area contributed by atoms with Crippen molar-refractivity contribution in [3.63, 3.8) is 0 Å². The van der Waals surface area contributed by atoms with Gasteiger partial charge in [-0.3, -0.25) is 0 Å². The highest BCUT2D eigenvalue weighted by molar-refractivity contribution is 6.29. The molecule has 0 saturated heterocycles. The van der Waals surface area contributed by atoms with E-state index >= 15 is 0 Å². The Morgan fingerprint density at radius 2 is 1.88 bits per heavy atom. The van der Waals surface area contributed by atoms with Gasteiger partial charge in [0.05, 0.1) is 16.8 Å². The fourth-order valence-electron chi connectivity index (χ4n) is 4.10. The van der Waals surface area contributed by atoms with Gasteiger partial charge in [0.25, 0.3) is 0 Å². The summed E-state index contributed by atoms with van der Waals surface area (Å²) in [6.45, 7) is 0. The lowest BCUT2D eigenvalue weighted by Crippen LogP contribution is -2.18. The van der Waals surface area contributed by atoms with Crippen LogP contribution in [0.15, 0.2) is 48.5 Å². The van der Waals surface area contributed by atoms with Gasteiger partial charge >= 0.3 is 5.97 Å². The standard InChI is InChI=1S/C23H19ClFN5O2/c24-19-7-3-6-18-20(21(29-30(18)19)13-8-10-14(25)11-9-13)16-12-17(22(31)32)28-23(27-16)26-15-4-1-2-5-15/h3,6-12,15H,1-2,4-5H2,(H,31,32)(H,26,27,28). The number of pyridine rings is 1. The van der Waals surface area contributed by atoms with Crippen LogP contribution in [-0.2, 0) is 0 Å². The van der Waals surface area contributed by atoms with E-state index in [1.165, 1.54) is 18.2 Å². The van der Waals surface area contributed by atoms with E-state index in [0.717, 1.165) is 25.7 Å². The van der Waals surface area contributed by atoms with Crippen LogP contribution in [0.2, 0.25) is 5.15 Å². The van der Waals surface area contributed by atoms with Crippen LogP contribution in [0.1, 0.15) is 36.2 Å². The second-order valence-corrected chi connectivity index (χ2v) is 8.16. The number of anilines is 1. The normalized spacial score (nSPS) is 14.2. The molecule has 9 heteroatoms. The van der Waals surface area contributed by atoms with Crippen molar-refractivity contribution in [2.24, 2.45) is 0 Å². The summed E-state index contributed by atoms with van der Waals surface area (Å²) in [5, 5.41) is 18.0. The minimum Gasteiger partial charge on any atom is -0.477 e. The van der Waals surface area contributed by atoms with Gasteiger partial charge in [0, 0.05) is 11.6 Å². The van der Waals surface area contributed by atoms with Crippen LogP contribution in [0.25, 0.3) is 28.0 Å². The third-order valence-electron chi connectivity index (χ3n) is 5.62. The first-order valence-corrected chi connectivity index (χ1v) is 10.7. The lowest BCUT2D eigenvalue weighted by molar-refractivity contribution is 0.0690. The molecule has 162 valence electrons. The topological polar surface area (TPSA) is 92.4 Å². The van der Waals surface area contributed by atoms with Crippen LogP contribution in [0.3, 0.4) is 0 Å². The van der Waals surface area contributed by atoms with Gasteiger partial charge in [0.1, 0.15) is 16.7 Å². The van der Waals surface area contributed by atoms with Crippen molar-refractivity contribution in [1.29, 1.82) is 0 Å². The summed E-state index contributed by atoms with van der Waals surface area (Å²) < 4.78 is 15.1. The summed E-state index contributed by atoms with van der Waals surface area (Å²) >= 11 is 6.37. The SMILES string of the molecule is O=C(O)c1cc(-c2c(-c3ccc(F)cc3)nn3c(Cl)cccc23)nc(NC2CCCC2)n1. The molecule has 7 nitrogen and oxygen atoms in total. The van der Waals surface area contributed by atoms with E-state index in [2.05, 4.69) is 20.4 Å². The molecule has 0 spiro atoms. The van der Waals surface area contributed by atoms with Gasteiger partial charge in [-0.05, 0) is 55.3 Å². The van der Waals surface area contributed by atoms with Crippen molar-refractivity contribution in [3.8, 4) is 22.5 Å². The molecule has 1 aromatic carbocycles. The molecule has 3 heterocycles. The summed E-state index contributed by atoms with van der Waals surface area (Å²) in [7, 11) is 0. The summed E-state index contributed by atoms with van der Waals surface area (Å²) in [6.07, 6.45) is 4.21. The Hall–Kier alpha value is -3.52. The number of rotatable bonds is 5. The van der Waals surface area contributed by atoms with Crippen molar-refractivity contribution in [2.45, 2.75) is 31.7 Å². The van der Waals surface area contributed by atoms with E-state index < -0.39 is 5.97 Å². The number of hydrogen-bond donors (Lipinski definition) is 2. The molecule has 0 amide bonds. The fraction of sp³-hybridized carbons (Fsp3) is 0.217. The van der Waals surface area contributed by atoms with Crippen molar-refractivity contribution < 1.29 is 14.3 Å². The van der Waals surface area contributed by atoms with E-state index in [9.17, 15) is 14.3 Å². The van der Waals surface area contributed by atoms with Gasteiger partial charge in [-0.1, -0.05) is 30.5 Å². The summed E-state index contributed by atoms with van der Waals surface area (Å²) in [5.74, 6) is -1.26. The Morgan fingerprint density at radius 1 is 1.12 bits per heavy atom. The first kappa shape index (κ1) is 20.4. The fourth-order valence-corrected chi connectivity index (χ4v) is 4.30. The molecule has 1 fully saturated rings. The zero-order valence-corrected chi connectivity index (χ0v) is 17.7. The first-order valence-electron chi connectivity index (χ1n) is 10.3. The summed E-state index contributed by atoms with van der Waals surface area (Å²) in [4.78, 5) is 20.7. The lowest BCUT2D eigenvalue weighted by atomic mass is 10.0. The number of hydrogen-bond acceptors (Lipinski definition) is 5. The Labute approximate surface area is 187 Å². The minimum absolute atomic E-state index is 0.123. The summed E-state index contributed by atoms with van der Waals surface area (Å²) in [6, 6.07) is 12.9. The minimum atomic E-state index is -1.15. The molecule has 32 heavy (non-hydrogen) atoms. The van der Waals surface area contributed by atoms with E-state index in [-0.39, 0.29) is 23.5 Å². The zero-order valence-electron chi connectivity index (χ0n) is 16.9. The first-order chi connectivity index (χ1) is 15.5. The van der Waals surface area contributed by atoms with Gasteiger partial charge in [-0.25, -0.2) is 23.7 Å². The molecule has 1 aliphatic rings. The van der Waals surface area contributed by atoms with E-state index in [1.54, 1.807) is 28.8 Å². The van der Waals surface area contributed by atoms with Crippen molar-refractivity contribution >= 4 is 29.0 Å². The number of fused-ring (bicyclic) bond motifs is 1. The maximum absolute atomic E-state index is 13.5. The van der Waals surface area contributed by atoms with E-state index in [1.807, 2.05) is 6.07 Å². The van der Waals surface area contributed by atoms with Crippen LogP contribution in [0.4, 0.5) is 10.3 Å². The monoisotopic (exact) mass is 451 g/mol. The second kappa shape index (κ2) is 8.20. The lowest BCUT2D eigenvalue weighted by Gasteiger charge is -2.13. The number of aromatic nitrogens is 4. The molecule has 0 bridgehead atoms. The quantitative estimate of drug-likeness (QED) is 0.400. The van der Waals surface area contributed by atoms with Gasteiger partial charge < -0.3 is 10.4 Å². The smallest absolute Gasteiger partial charge is 0.354 e. The predicted octanol–water partition coefficient (Wildman–Crippen LogP) is 5.30. The molecule has 0 aliphatic heterocycles. The Bertz CT molecular complexity index is 1320. The van der Waals surface area contributed by atoms with E-state index in [4.69, 9.17) is 11.6 Å². The number of aromatic carboxylic acids is 1. The largest absolute Gasteiger partial charge is 0.477 e. The molecule has 0 radical (unpaired) electrons. The number of carboxylic acids is 1. The molecule has 2 N–H and O–H groups in total. The second-order valence-electron chi connectivity index (χ2n) is 7.77. The van der Waals surface area contributed by atoms with Gasteiger partial charge in [0.15, 0.2) is 5.69 Å². The van der Waals surface area contributed by atoms with Crippen molar-refractivity contribution in [3.05, 3.63) is 65.2 Å². The van der Waals surface area contributed by atoms with Crippen LogP contribution in [0.5, 0.6) is 0 Å². The summed E-state index contributed by atoms with van der Waals surface area (Å²) in [5.41, 5.74) is 2.69. The number of nitrogens with one attached hydrogen (secondary N) is 1. The van der Waals surface area contributed by atoms with Crippen LogP contribution in [0, 0.1) is 5.82 Å². The number of benzene rings is 1. The number of carboxylic acid groups (broad SMARTS) is 1. The van der Waals surface area contributed by atoms with E-state index in [0.29, 0.717) is 33.2 Å².